The van der Waals surface area contributed by atoms with Gasteiger partial charge >= 0.3 is 0 Å². The second kappa shape index (κ2) is 7.26. The third-order valence-corrected chi connectivity index (χ3v) is 3.09. The molecule has 1 N–H and O–H groups in total. The molecule has 22 heavy (non-hydrogen) atoms. The standard InChI is InChI=1S/C17H18N2O3/c1-12-5-4-6-13(9-12)17(20)19-18-11-14-7-8-15(21-2)10-16(14)22-3/h4-11H,1-3H3,(H,19,20)/b18-11+. The van der Waals surface area contributed by atoms with Gasteiger partial charge in [-0.2, -0.15) is 5.10 Å². The monoisotopic (exact) mass is 298 g/mol. The molecule has 0 aliphatic carbocycles. The van der Waals surface area contributed by atoms with E-state index in [0.717, 1.165) is 11.1 Å². The van der Waals surface area contributed by atoms with Crippen molar-refractivity contribution in [2.24, 2.45) is 5.10 Å². The summed E-state index contributed by atoms with van der Waals surface area (Å²) in [4.78, 5) is 12.0. The van der Waals surface area contributed by atoms with Gasteiger partial charge in [0, 0.05) is 17.2 Å². The minimum absolute atomic E-state index is 0.257. The lowest BCUT2D eigenvalue weighted by molar-refractivity contribution is 0.0955. The molecule has 114 valence electrons. The molecule has 0 fully saturated rings. The number of amides is 1. The first-order valence-electron chi connectivity index (χ1n) is 6.76. The largest absolute Gasteiger partial charge is 0.497 e. The summed E-state index contributed by atoms with van der Waals surface area (Å²) in [6, 6.07) is 12.7. The highest BCUT2D eigenvalue weighted by Gasteiger charge is 2.05. The second-order valence-electron chi connectivity index (χ2n) is 4.68. The molecule has 0 aliphatic heterocycles. The molecule has 0 heterocycles. The third-order valence-electron chi connectivity index (χ3n) is 3.09. The van der Waals surface area contributed by atoms with E-state index in [1.165, 1.54) is 6.21 Å². The van der Waals surface area contributed by atoms with E-state index in [1.54, 1.807) is 44.6 Å². The first-order chi connectivity index (χ1) is 10.6. The van der Waals surface area contributed by atoms with Gasteiger partial charge in [0.2, 0.25) is 0 Å². The van der Waals surface area contributed by atoms with Gasteiger partial charge in [-0.3, -0.25) is 4.79 Å². The quantitative estimate of drug-likeness (QED) is 0.682. The SMILES string of the molecule is COc1ccc(/C=N/NC(=O)c2cccc(C)c2)c(OC)c1. The van der Waals surface area contributed by atoms with Gasteiger partial charge in [-0.25, -0.2) is 5.43 Å². The maximum atomic E-state index is 12.0. The van der Waals surface area contributed by atoms with Crippen molar-refractivity contribution in [2.45, 2.75) is 6.92 Å². The van der Waals surface area contributed by atoms with Gasteiger partial charge in [0.25, 0.3) is 5.91 Å². The number of carbonyl (C=O) groups is 1. The molecular formula is C17H18N2O3. The maximum Gasteiger partial charge on any atom is 0.271 e. The number of carbonyl (C=O) groups excluding carboxylic acids is 1. The molecule has 0 saturated heterocycles. The van der Waals surface area contributed by atoms with Crippen molar-refractivity contribution in [1.82, 2.24) is 5.43 Å². The van der Waals surface area contributed by atoms with Crippen LogP contribution in [-0.4, -0.2) is 26.3 Å². The molecule has 5 nitrogen and oxygen atoms in total. The smallest absolute Gasteiger partial charge is 0.271 e. The Bertz CT molecular complexity index is 696. The van der Waals surface area contributed by atoms with E-state index in [2.05, 4.69) is 10.5 Å². The highest BCUT2D eigenvalue weighted by atomic mass is 16.5. The average Bonchev–Trinajstić information content (AvgIpc) is 2.54. The zero-order valence-electron chi connectivity index (χ0n) is 12.8. The average molecular weight is 298 g/mol. The van der Waals surface area contributed by atoms with Gasteiger partial charge in [0.15, 0.2) is 0 Å². The van der Waals surface area contributed by atoms with Gasteiger partial charge in [0.05, 0.1) is 20.4 Å². The fraction of sp³-hybridized carbons (Fsp3) is 0.176. The lowest BCUT2D eigenvalue weighted by Gasteiger charge is -2.07. The fourth-order valence-electron chi connectivity index (χ4n) is 1.94. The number of hydrogen-bond acceptors (Lipinski definition) is 4. The van der Waals surface area contributed by atoms with Crippen LogP contribution in [0.15, 0.2) is 47.6 Å². The molecule has 2 aromatic carbocycles. The molecule has 2 rings (SSSR count). The van der Waals surface area contributed by atoms with Crippen LogP contribution in [0, 0.1) is 6.92 Å². The van der Waals surface area contributed by atoms with Crippen molar-refractivity contribution in [1.29, 1.82) is 0 Å². The molecule has 0 atom stereocenters. The summed E-state index contributed by atoms with van der Waals surface area (Å²) in [6.07, 6.45) is 1.53. The van der Waals surface area contributed by atoms with Crippen molar-refractivity contribution in [3.8, 4) is 11.5 Å². The Morgan fingerprint density at radius 3 is 2.64 bits per heavy atom. The van der Waals surface area contributed by atoms with Crippen LogP contribution < -0.4 is 14.9 Å². The van der Waals surface area contributed by atoms with Crippen LogP contribution >= 0.6 is 0 Å². The van der Waals surface area contributed by atoms with Crippen LogP contribution in [0.4, 0.5) is 0 Å². The van der Waals surface area contributed by atoms with E-state index in [9.17, 15) is 4.79 Å². The Balaban J connectivity index is 2.08. The molecule has 0 bridgehead atoms. The van der Waals surface area contributed by atoms with Gasteiger partial charge in [-0.15, -0.1) is 0 Å². The van der Waals surface area contributed by atoms with E-state index in [4.69, 9.17) is 9.47 Å². The van der Waals surface area contributed by atoms with Gasteiger partial charge in [-0.1, -0.05) is 17.7 Å². The normalized spacial score (nSPS) is 10.5. The minimum Gasteiger partial charge on any atom is -0.497 e. The summed E-state index contributed by atoms with van der Waals surface area (Å²) in [5.41, 5.74) is 4.83. The second-order valence-corrected chi connectivity index (χ2v) is 4.68. The van der Waals surface area contributed by atoms with E-state index in [-0.39, 0.29) is 5.91 Å². The zero-order valence-corrected chi connectivity index (χ0v) is 12.8. The highest BCUT2D eigenvalue weighted by molar-refractivity contribution is 5.95. The first kappa shape index (κ1) is 15.6. The molecule has 0 aliphatic rings. The summed E-state index contributed by atoms with van der Waals surface area (Å²) < 4.78 is 10.4. The van der Waals surface area contributed by atoms with Crippen molar-refractivity contribution in [3.05, 3.63) is 59.2 Å². The number of nitrogens with one attached hydrogen (secondary N) is 1. The summed E-state index contributed by atoms with van der Waals surface area (Å²) in [7, 11) is 3.15. The highest BCUT2D eigenvalue weighted by Crippen LogP contribution is 2.22. The predicted octanol–water partition coefficient (Wildman–Crippen LogP) is 2.78. The molecular weight excluding hydrogens is 280 g/mol. The van der Waals surface area contributed by atoms with Crippen LogP contribution in [0.3, 0.4) is 0 Å². The Kier molecular flexibility index (Phi) is 5.14. The summed E-state index contributed by atoms with van der Waals surface area (Å²) in [5.74, 6) is 1.05. The van der Waals surface area contributed by atoms with Crippen LogP contribution in [0.5, 0.6) is 11.5 Å². The molecule has 5 heteroatoms. The minimum atomic E-state index is -0.257. The van der Waals surface area contributed by atoms with Crippen LogP contribution in [0.25, 0.3) is 0 Å². The van der Waals surface area contributed by atoms with Crippen molar-refractivity contribution in [3.63, 3.8) is 0 Å². The van der Waals surface area contributed by atoms with Crippen LogP contribution in [0.2, 0.25) is 0 Å². The number of benzene rings is 2. The van der Waals surface area contributed by atoms with Crippen molar-refractivity contribution >= 4 is 12.1 Å². The van der Waals surface area contributed by atoms with Gasteiger partial charge in [0.1, 0.15) is 11.5 Å². The zero-order chi connectivity index (χ0) is 15.9. The fourth-order valence-corrected chi connectivity index (χ4v) is 1.94. The number of ether oxygens (including phenoxy) is 2. The number of aryl methyl sites for hydroxylation is 1. The van der Waals surface area contributed by atoms with Crippen molar-refractivity contribution < 1.29 is 14.3 Å². The number of hydrogen-bond donors (Lipinski definition) is 1. The topological polar surface area (TPSA) is 59.9 Å². The molecule has 0 radical (unpaired) electrons. The van der Waals surface area contributed by atoms with Crippen LogP contribution in [-0.2, 0) is 0 Å². The van der Waals surface area contributed by atoms with Gasteiger partial charge in [-0.05, 0) is 31.2 Å². The predicted molar refractivity (Wildman–Crippen MR) is 85.8 cm³/mol. The van der Waals surface area contributed by atoms with E-state index in [1.807, 2.05) is 19.1 Å². The summed E-state index contributed by atoms with van der Waals surface area (Å²) in [6.45, 7) is 1.93. The van der Waals surface area contributed by atoms with E-state index < -0.39 is 0 Å². The lowest BCUT2D eigenvalue weighted by atomic mass is 10.1. The summed E-state index contributed by atoms with van der Waals surface area (Å²) in [5, 5.41) is 3.97. The Morgan fingerprint density at radius 2 is 1.95 bits per heavy atom. The Morgan fingerprint density at radius 1 is 1.14 bits per heavy atom. The lowest BCUT2D eigenvalue weighted by Crippen LogP contribution is -2.17. The molecule has 0 saturated carbocycles. The number of nitrogens with zero attached hydrogens (tertiary/aromatic N) is 1. The molecule has 2 aromatic rings. The van der Waals surface area contributed by atoms with E-state index >= 15 is 0 Å². The molecule has 1 amide bonds. The molecule has 0 unspecified atom stereocenters. The molecule has 0 spiro atoms. The number of methoxy groups -OCH3 is 2. The maximum absolute atomic E-state index is 12.0. The first-order valence-corrected chi connectivity index (χ1v) is 6.76. The Labute approximate surface area is 129 Å². The van der Waals surface area contributed by atoms with Crippen LogP contribution in [0.1, 0.15) is 21.5 Å². The summed E-state index contributed by atoms with van der Waals surface area (Å²) >= 11 is 0. The number of rotatable bonds is 5. The molecule has 0 aromatic heterocycles. The Hall–Kier alpha value is -2.82. The van der Waals surface area contributed by atoms with E-state index in [0.29, 0.717) is 17.1 Å². The number of hydrazone groups is 1. The van der Waals surface area contributed by atoms with Crippen molar-refractivity contribution in [2.75, 3.05) is 14.2 Å². The third kappa shape index (κ3) is 3.85. The van der Waals surface area contributed by atoms with Gasteiger partial charge < -0.3 is 9.47 Å².